The molecule has 0 atom stereocenters. The van der Waals surface area contributed by atoms with Crippen LogP contribution in [0.1, 0.15) is 39.0 Å². The topological polar surface area (TPSA) is 71.5 Å². The summed E-state index contributed by atoms with van der Waals surface area (Å²) < 4.78 is 49.1. The molecule has 0 aromatic heterocycles. The molecule has 0 N–H and O–H groups in total. The fraction of sp³-hybridized carbons (Fsp3) is 1.00. The second kappa shape index (κ2) is 5.09. The van der Waals surface area contributed by atoms with Gasteiger partial charge in [0.1, 0.15) is 0 Å². The Balaban J connectivity index is 1.98. The molecule has 2 aliphatic rings. The minimum absolute atomic E-state index is 0.0922. The molecular weight excluding hydrogens is 274 g/mol. The molecule has 0 spiro atoms. The van der Waals surface area contributed by atoms with Crippen molar-refractivity contribution in [2.75, 3.05) is 18.8 Å². The average Bonchev–Trinajstić information content (AvgIpc) is 2.27. The molecule has 5 nitrogen and oxygen atoms in total. The van der Waals surface area contributed by atoms with Crippen LogP contribution in [0.2, 0.25) is 0 Å². The molecular formula is C11H21NO4S2. The Labute approximate surface area is 110 Å². The fourth-order valence-electron chi connectivity index (χ4n) is 2.65. The number of sulfone groups is 1. The van der Waals surface area contributed by atoms with E-state index in [9.17, 15) is 16.8 Å². The molecule has 1 saturated carbocycles. The Bertz CT molecular complexity index is 485. The van der Waals surface area contributed by atoms with Gasteiger partial charge in [0, 0.05) is 18.8 Å². The lowest BCUT2D eigenvalue weighted by atomic mass is 10.0. The van der Waals surface area contributed by atoms with Crippen LogP contribution in [-0.4, -0.2) is 50.5 Å². The van der Waals surface area contributed by atoms with E-state index in [0.29, 0.717) is 0 Å². The van der Waals surface area contributed by atoms with Crippen molar-refractivity contribution in [3.8, 4) is 0 Å². The summed E-state index contributed by atoms with van der Waals surface area (Å²) in [5.74, 6) is 0.0922. The number of rotatable bonds is 4. The van der Waals surface area contributed by atoms with E-state index in [1.807, 2.05) is 0 Å². The normalized spacial score (nSPS) is 24.9. The van der Waals surface area contributed by atoms with Gasteiger partial charge in [-0.1, -0.05) is 26.2 Å². The first-order valence-electron chi connectivity index (χ1n) is 6.58. The van der Waals surface area contributed by atoms with E-state index >= 15 is 0 Å². The first kappa shape index (κ1) is 14.3. The lowest BCUT2D eigenvalue weighted by molar-refractivity contribution is 0.300. The third-order valence-corrected chi connectivity index (χ3v) is 8.51. The van der Waals surface area contributed by atoms with E-state index in [1.54, 1.807) is 6.92 Å². The Morgan fingerprint density at radius 3 is 2.00 bits per heavy atom. The van der Waals surface area contributed by atoms with Crippen LogP contribution in [0.5, 0.6) is 0 Å². The molecule has 0 aromatic rings. The second-order valence-electron chi connectivity index (χ2n) is 5.20. The van der Waals surface area contributed by atoms with Crippen LogP contribution >= 0.6 is 0 Å². The van der Waals surface area contributed by atoms with E-state index in [0.717, 1.165) is 32.1 Å². The minimum Gasteiger partial charge on any atom is -0.228 e. The van der Waals surface area contributed by atoms with Gasteiger partial charge in [-0.25, -0.2) is 16.8 Å². The zero-order chi connectivity index (χ0) is 13.4. The number of hydrogen-bond acceptors (Lipinski definition) is 4. The summed E-state index contributed by atoms with van der Waals surface area (Å²) >= 11 is 0. The maximum absolute atomic E-state index is 12.3. The van der Waals surface area contributed by atoms with Crippen LogP contribution in [0, 0.1) is 0 Å². The highest BCUT2D eigenvalue weighted by molar-refractivity contribution is 7.92. The predicted octanol–water partition coefficient (Wildman–Crippen LogP) is 0.768. The van der Waals surface area contributed by atoms with Crippen molar-refractivity contribution in [2.45, 2.75) is 49.5 Å². The molecule has 2 rings (SSSR count). The molecule has 1 saturated heterocycles. The minimum atomic E-state index is -3.26. The van der Waals surface area contributed by atoms with Gasteiger partial charge in [-0.15, -0.1) is 0 Å². The zero-order valence-electron chi connectivity index (χ0n) is 10.7. The van der Waals surface area contributed by atoms with Gasteiger partial charge in [0.25, 0.3) is 0 Å². The maximum atomic E-state index is 12.3. The van der Waals surface area contributed by atoms with Crippen LogP contribution < -0.4 is 0 Å². The van der Waals surface area contributed by atoms with Crippen molar-refractivity contribution in [1.29, 1.82) is 0 Å². The molecule has 0 unspecified atom stereocenters. The van der Waals surface area contributed by atoms with E-state index in [4.69, 9.17) is 0 Å². The molecule has 1 heterocycles. The third-order valence-electron chi connectivity index (χ3n) is 4.06. The molecule has 18 heavy (non-hydrogen) atoms. The van der Waals surface area contributed by atoms with Crippen molar-refractivity contribution in [3.63, 3.8) is 0 Å². The highest BCUT2D eigenvalue weighted by Crippen LogP contribution is 2.30. The Kier molecular flexibility index (Phi) is 4.04. The molecule has 106 valence electrons. The summed E-state index contributed by atoms with van der Waals surface area (Å²) in [6, 6.07) is 0. The van der Waals surface area contributed by atoms with Gasteiger partial charge in [-0.3, -0.25) is 0 Å². The lowest BCUT2D eigenvalue weighted by Crippen LogP contribution is -2.59. The standard InChI is InChI=1S/C11H21NO4S2/c1-2-17(13,14)11-8-12(9-11)18(15,16)10-6-4-3-5-7-10/h10-11H,2-9H2,1H3. The van der Waals surface area contributed by atoms with E-state index in [1.165, 1.54) is 4.31 Å². The smallest absolute Gasteiger partial charge is 0.217 e. The monoisotopic (exact) mass is 295 g/mol. The van der Waals surface area contributed by atoms with Crippen LogP contribution in [0.3, 0.4) is 0 Å². The van der Waals surface area contributed by atoms with Gasteiger partial charge in [-0.05, 0) is 12.8 Å². The maximum Gasteiger partial charge on any atom is 0.217 e. The summed E-state index contributed by atoms with van der Waals surface area (Å²) in [6.45, 7) is 1.93. The highest BCUT2D eigenvalue weighted by Gasteiger charge is 2.44. The fourth-order valence-corrected chi connectivity index (χ4v) is 6.25. The van der Waals surface area contributed by atoms with Crippen molar-refractivity contribution in [3.05, 3.63) is 0 Å². The van der Waals surface area contributed by atoms with Crippen LogP contribution in [-0.2, 0) is 19.9 Å². The number of sulfonamides is 1. The van der Waals surface area contributed by atoms with Crippen molar-refractivity contribution < 1.29 is 16.8 Å². The van der Waals surface area contributed by atoms with Crippen molar-refractivity contribution in [2.24, 2.45) is 0 Å². The number of nitrogens with zero attached hydrogens (tertiary/aromatic N) is 1. The van der Waals surface area contributed by atoms with Crippen molar-refractivity contribution in [1.82, 2.24) is 4.31 Å². The van der Waals surface area contributed by atoms with Crippen LogP contribution in [0.4, 0.5) is 0 Å². The highest BCUT2D eigenvalue weighted by atomic mass is 32.2. The Morgan fingerprint density at radius 1 is 0.944 bits per heavy atom. The average molecular weight is 295 g/mol. The largest absolute Gasteiger partial charge is 0.228 e. The first-order chi connectivity index (χ1) is 8.38. The molecule has 7 heteroatoms. The molecule has 1 aliphatic carbocycles. The molecule has 0 bridgehead atoms. The summed E-state index contributed by atoms with van der Waals surface area (Å²) in [7, 11) is -6.35. The van der Waals surface area contributed by atoms with Crippen molar-refractivity contribution >= 4 is 19.9 Å². The summed E-state index contributed by atoms with van der Waals surface area (Å²) in [5, 5.41) is -0.766. The summed E-state index contributed by atoms with van der Waals surface area (Å²) in [6.07, 6.45) is 4.50. The summed E-state index contributed by atoms with van der Waals surface area (Å²) in [5.41, 5.74) is 0. The van der Waals surface area contributed by atoms with Gasteiger partial charge in [0.15, 0.2) is 9.84 Å². The van der Waals surface area contributed by atoms with Gasteiger partial charge in [0.2, 0.25) is 10.0 Å². The molecule has 1 aliphatic heterocycles. The van der Waals surface area contributed by atoms with Crippen LogP contribution in [0.25, 0.3) is 0 Å². The lowest BCUT2D eigenvalue weighted by Gasteiger charge is -2.40. The Morgan fingerprint density at radius 2 is 1.50 bits per heavy atom. The number of hydrogen-bond donors (Lipinski definition) is 0. The summed E-state index contributed by atoms with van der Waals surface area (Å²) in [4.78, 5) is 0. The molecule has 0 aromatic carbocycles. The first-order valence-corrected chi connectivity index (χ1v) is 9.80. The van der Waals surface area contributed by atoms with Gasteiger partial charge >= 0.3 is 0 Å². The van der Waals surface area contributed by atoms with E-state index < -0.39 is 25.1 Å². The second-order valence-corrected chi connectivity index (χ2v) is 9.98. The Hall–Kier alpha value is -0.140. The van der Waals surface area contributed by atoms with Gasteiger partial charge in [-0.2, -0.15) is 4.31 Å². The quantitative estimate of drug-likeness (QED) is 0.768. The molecule has 0 amide bonds. The third kappa shape index (κ3) is 2.58. The molecule has 0 radical (unpaired) electrons. The predicted molar refractivity (Wildman–Crippen MR) is 70.6 cm³/mol. The van der Waals surface area contributed by atoms with E-state index in [-0.39, 0.29) is 24.1 Å². The zero-order valence-corrected chi connectivity index (χ0v) is 12.3. The molecule has 2 fully saturated rings. The SMILES string of the molecule is CCS(=O)(=O)C1CN(S(=O)(=O)C2CCCCC2)C1. The van der Waals surface area contributed by atoms with Crippen LogP contribution in [0.15, 0.2) is 0 Å². The van der Waals surface area contributed by atoms with E-state index in [2.05, 4.69) is 0 Å². The van der Waals surface area contributed by atoms with Gasteiger partial charge in [0.05, 0.1) is 10.5 Å². The van der Waals surface area contributed by atoms with Gasteiger partial charge < -0.3 is 0 Å².